The second kappa shape index (κ2) is 5.98. The Morgan fingerprint density at radius 3 is 2.65 bits per heavy atom. The van der Waals surface area contributed by atoms with Crippen LogP contribution >= 0.6 is 11.6 Å². The van der Waals surface area contributed by atoms with Gasteiger partial charge in [-0.2, -0.15) is 0 Å². The summed E-state index contributed by atoms with van der Waals surface area (Å²) in [4.78, 5) is 16.1. The molecule has 0 saturated carbocycles. The Bertz CT molecular complexity index is 383. The molecule has 0 bridgehead atoms. The number of nitrogens with zero attached hydrogens (tertiary/aromatic N) is 1. The van der Waals surface area contributed by atoms with Crippen LogP contribution in [0.1, 0.15) is 26.7 Å². The Hall–Kier alpha value is -1.13. The van der Waals surface area contributed by atoms with Crippen molar-refractivity contribution in [2.24, 2.45) is 11.1 Å². The van der Waals surface area contributed by atoms with E-state index < -0.39 is 5.41 Å². The van der Waals surface area contributed by atoms with Crippen LogP contribution in [-0.4, -0.2) is 17.4 Å². The highest BCUT2D eigenvalue weighted by atomic mass is 35.5. The third-order valence-electron chi connectivity index (χ3n) is 3.23. The van der Waals surface area contributed by atoms with Crippen LogP contribution in [0.5, 0.6) is 0 Å². The maximum atomic E-state index is 12.2. The van der Waals surface area contributed by atoms with E-state index in [0.29, 0.717) is 30.2 Å². The van der Waals surface area contributed by atoms with Crippen LogP contribution in [0.25, 0.3) is 0 Å². The molecular weight excluding hydrogens is 238 g/mol. The molecule has 0 spiro atoms. The van der Waals surface area contributed by atoms with Crippen molar-refractivity contribution in [2.75, 3.05) is 11.9 Å². The first-order chi connectivity index (χ1) is 8.09. The zero-order chi connectivity index (χ0) is 12.9. The van der Waals surface area contributed by atoms with Gasteiger partial charge in [-0.15, -0.1) is 0 Å². The van der Waals surface area contributed by atoms with Crippen molar-refractivity contribution < 1.29 is 4.79 Å². The summed E-state index contributed by atoms with van der Waals surface area (Å²) >= 11 is 5.89. The van der Waals surface area contributed by atoms with Crippen LogP contribution in [0.2, 0.25) is 5.15 Å². The topological polar surface area (TPSA) is 68.0 Å². The molecule has 0 radical (unpaired) electrons. The van der Waals surface area contributed by atoms with Crippen molar-refractivity contribution in [3.63, 3.8) is 0 Å². The third kappa shape index (κ3) is 2.96. The minimum absolute atomic E-state index is 0.0973. The number of carbonyl (C=O) groups excluding carboxylic acids is 1. The number of anilines is 1. The van der Waals surface area contributed by atoms with E-state index in [2.05, 4.69) is 10.3 Å². The Kier molecular flexibility index (Phi) is 4.90. The first kappa shape index (κ1) is 13.9. The smallest absolute Gasteiger partial charge is 0.231 e. The van der Waals surface area contributed by atoms with Gasteiger partial charge in [-0.3, -0.25) is 4.79 Å². The maximum Gasteiger partial charge on any atom is 0.231 e. The van der Waals surface area contributed by atoms with Gasteiger partial charge in [0, 0.05) is 12.7 Å². The van der Waals surface area contributed by atoms with Crippen molar-refractivity contribution >= 4 is 23.2 Å². The molecule has 0 aliphatic rings. The summed E-state index contributed by atoms with van der Waals surface area (Å²) in [6, 6.07) is 3.45. The lowest BCUT2D eigenvalue weighted by atomic mass is 9.81. The molecule has 5 heteroatoms. The average Bonchev–Trinajstić information content (AvgIpc) is 2.35. The Morgan fingerprint density at radius 1 is 1.53 bits per heavy atom. The summed E-state index contributed by atoms with van der Waals surface area (Å²) in [5, 5.41) is 3.08. The van der Waals surface area contributed by atoms with Crippen LogP contribution in [0, 0.1) is 5.41 Å². The normalized spacial score (nSPS) is 11.3. The minimum atomic E-state index is -0.529. The molecule has 3 N–H and O–H groups in total. The Balaban J connectivity index is 2.88. The molecule has 0 aromatic carbocycles. The van der Waals surface area contributed by atoms with Crippen molar-refractivity contribution in [1.29, 1.82) is 0 Å². The number of halogens is 1. The van der Waals surface area contributed by atoms with Gasteiger partial charge in [0.15, 0.2) is 5.15 Å². The van der Waals surface area contributed by atoms with E-state index in [1.807, 2.05) is 13.8 Å². The second-order valence-electron chi connectivity index (χ2n) is 3.99. The number of aromatic nitrogens is 1. The predicted octanol–water partition coefficient (Wildman–Crippen LogP) is 2.44. The van der Waals surface area contributed by atoms with E-state index in [1.54, 1.807) is 18.3 Å². The van der Waals surface area contributed by atoms with Crippen LogP contribution in [-0.2, 0) is 4.79 Å². The fraction of sp³-hybridized carbons (Fsp3) is 0.500. The molecule has 4 nitrogen and oxygen atoms in total. The molecule has 1 heterocycles. The fourth-order valence-corrected chi connectivity index (χ4v) is 1.85. The van der Waals surface area contributed by atoms with Gasteiger partial charge in [-0.1, -0.05) is 25.4 Å². The van der Waals surface area contributed by atoms with Gasteiger partial charge >= 0.3 is 0 Å². The monoisotopic (exact) mass is 255 g/mol. The lowest BCUT2D eigenvalue weighted by Gasteiger charge is -2.28. The van der Waals surface area contributed by atoms with E-state index in [1.165, 1.54) is 0 Å². The lowest BCUT2D eigenvalue weighted by molar-refractivity contribution is -0.125. The number of amides is 1. The van der Waals surface area contributed by atoms with E-state index in [-0.39, 0.29) is 5.91 Å². The summed E-state index contributed by atoms with van der Waals surface area (Å²) in [5.74, 6) is -0.0973. The van der Waals surface area contributed by atoms with Crippen LogP contribution in [0.3, 0.4) is 0 Å². The number of hydrogen-bond acceptors (Lipinski definition) is 3. The Labute approximate surface area is 107 Å². The molecule has 0 fully saturated rings. The first-order valence-corrected chi connectivity index (χ1v) is 6.09. The molecule has 1 amide bonds. The van der Waals surface area contributed by atoms with Gasteiger partial charge in [0.25, 0.3) is 0 Å². The van der Waals surface area contributed by atoms with E-state index in [9.17, 15) is 4.79 Å². The summed E-state index contributed by atoms with van der Waals surface area (Å²) < 4.78 is 0. The molecule has 0 aliphatic carbocycles. The number of nitrogens with two attached hydrogens (primary N) is 1. The largest absolute Gasteiger partial charge is 0.329 e. The molecule has 1 aromatic heterocycles. The predicted molar refractivity (Wildman–Crippen MR) is 69.9 cm³/mol. The Morgan fingerprint density at radius 2 is 2.18 bits per heavy atom. The van der Waals surface area contributed by atoms with Gasteiger partial charge < -0.3 is 11.1 Å². The summed E-state index contributed by atoms with van der Waals surface area (Å²) in [5.41, 5.74) is 5.71. The van der Waals surface area contributed by atoms with Crippen molar-refractivity contribution in [2.45, 2.75) is 26.7 Å². The number of hydrogen-bond donors (Lipinski definition) is 2. The van der Waals surface area contributed by atoms with E-state index in [0.717, 1.165) is 0 Å². The van der Waals surface area contributed by atoms with Gasteiger partial charge in [0.05, 0.1) is 11.1 Å². The second-order valence-corrected chi connectivity index (χ2v) is 4.35. The van der Waals surface area contributed by atoms with Gasteiger partial charge in [-0.25, -0.2) is 4.98 Å². The molecule has 0 atom stereocenters. The molecule has 94 valence electrons. The third-order valence-corrected chi connectivity index (χ3v) is 3.53. The number of rotatable bonds is 5. The van der Waals surface area contributed by atoms with Crippen molar-refractivity contribution in [1.82, 2.24) is 4.98 Å². The lowest BCUT2D eigenvalue weighted by Crippen LogP contribution is -2.41. The zero-order valence-electron chi connectivity index (χ0n) is 10.2. The standard InChI is InChI=1S/C12H18ClN3O/c1-3-12(4-2,8-14)11(17)16-9-6-5-7-15-10(9)13/h5-7H,3-4,8,14H2,1-2H3,(H,16,17). The quantitative estimate of drug-likeness (QED) is 0.794. The first-order valence-electron chi connectivity index (χ1n) is 5.71. The summed E-state index contributed by atoms with van der Waals surface area (Å²) in [7, 11) is 0. The van der Waals surface area contributed by atoms with Crippen LogP contribution < -0.4 is 11.1 Å². The molecule has 0 unspecified atom stereocenters. The summed E-state index contributed by atoms with van der Waals surface area (Å²) in [6.45, 7) is 4.24. The van der Waals surface area contributed by atoms with E-state index >= 15 is 0 Å². The fourth-order valence-electron chi connectivity index (χ4n) is 1.69. The van der Waals surface area contributed by atoms with Gasteiger partial charge in [0.2, 0.25) is 5.91 Å². The van der Waals surface area contributed by atoms with Gasteiger partial charge in [-0.05, 0) is 25.0 Å². The minimum Gasteiger partial charge on any atom is -0.329 e. The van der Waals surface area contributed by atoms with Crippen molar-refractivity contribution in [3.8, 4) is 0 Å². The van der Waals surface area contributed by atoms with Gasteiger partial charge in [0.1, 0.15) is 0 Å². The molecular formula is C12H18ClN3O. The number of carbonyl (C=O) groups is 1. The highest BCUT2D eigenvalue weighted by Gasteiger charge is 2.33. The highest BCUT2D eigenvalue weighted by Crippen LogP contribution is 2.28. The average molecular weight is 256 g/mol. The number of pyridine rings is 1. The molecule has 1 rings (SSSR count). The molecule has 1 aromatic rings. The van der Waals surface area contributed by atoms with Crippen LogP contribution in [0.4, 0.5) is 5.69 Å². The summed E-state index contributed by atoms with van der Waals surface area (Å²) in [6.07, 6.45) is 2.97. The zero-order valence-corrected chi connectivity index (χ0v) is 10.9. The maximum absolute atomic E-state index is 12.2. The SMILES string of the molecule is CCC(CC)(CN)C(=O)Nc1cccnc1Cl. The number of nitrogens with one attached hydrogen (secondary N) is 1. The molecule has 0 saturated heterocycles. The highest BCUT2D eigenvalue weighted by molar-refractivity contribution is 6.32. The molecule has 0 aliphatic heterocycles. The van der Waals surface area contributed by atoms with Crippen molar-refractivity contribution in [3.05, 3.63) is 23.5 Å². The van der Waals surface area contributed by atoms with E-state index in [4.69, 9.17) is 17.3 Å². The molecule has 17 heavy (non-hydrogen) atoms. The van der Waals surface area contributed by atoms with Crippen LogP contribution in [0.15, 0.2) is 18.3 Å².